The lowest BCUT2D eigenvalue weighted by molar-refractivity contribution is -0.163. The van der Waals surface area contributed by atoms with Crippen LogP contribution in [-0.4, -0.2) is 168 Å². The van der Waals surface area contributed by atoms with Crippen molar-refractivity contribution in [3.8, 4) is 69.0 Å². The molecule has 2 aliphatic rings. The number of benzene rings is 6. The molecule has 2 heterocycles. The van der Waals surface area contributed by atoms with Crippen LogP contribution < -0.4 is 67.5 Å². The van der Waals surface area contributed by atoms with Crippen LogP contribution in [0.15, 0.2) is 109 Å². The van der Waals surface area contributed by atoms with E-state index in [1.807, 2.05) is 76.2 Å². The molecular formula is C80H102N4O20. The molecule has 24 nitrogen and oxygen atoms in total. The summed E-state index contributed by atoms with van der Waals surface area (Å²) in [7, 11) is 15.4. The summed E-state index contributed by atoms with van der Waals surface area (Å²) in [6.07, 6.45) is 3.61. The summed E-state index contributed by atoms with van der Waals surface area (Å²) < 4.78 is 81.0. The fourth-order valence-corrected chi connectivity index (χ4v) is 13.5. The van der Waals surface area contributed by atoms with Crippen LogP contribution in [0.1, 0.15) is 136 Å². The zero-order valence-corrected chi connectivity index (χ0v) is 62.4. The SMILES string of the molecule is COc1ccc(CC[C@@H](OC(=O)[C@@H]2CCCCN2C(=O)[C@H](c2cc(OC)c(OC)c(OC)c2)C(C)C)c2cccc(OCC(=O)NCCNC(=O)COc3cccc([C@@H](CCc4ccc(OC)c(OC)c4)OC(=O)[C@@H]4CCCCN4C(=O)[C@H](c4cc(OC)c(OC)c(OC)c4)C(C)C)c3)c2)cc1OC. The number of carbonyl (C=O) groups excluding carboxylic acids is 6. The van der Waals surface area contributed by atoms with Gasteiger partial charge in [-0.1, -0.05) is 64.1 Å². The number of methoxy groups -OCH3 is 10. The van der Waals surface area contributed by atoms with Gasteiger partial charge in [0.05, 0.1) is 82.9 Å². The van der Waals surface area contributed by atoms with Crippen LogP contribution in [0.5, 0.6) is 69.0 Å². The van der Waals surface area contributed by atoms with Crippen molar-refractivity contribution in [3.63, 3.8) is 0 Å². The van der Waals surface area contributed by atoms with E-state index in [0.29, 0.717) is 169 Å². The second-order valence-corrected chi connectivity index (χ2v) is 26.2. The zero-order chi connectivity index (χ0) is 75.0. The number of carbonyl (C=O) groups is 6. The van der Waals surface area contributed by atoms with E-state index in [1.165, 1.54) is 42.7 Å². The number of nitrogens with one attached hydrogen (secondary N) is 2. The number of esters is 2. The Morgan fingerprint density at radius 3 is 1.09 bits per heavy atom. The molecule has 6 aromatic rings. The average molecular weight is 1440 g/mol. The average Bonchev–Trinajstić information content (AvgIpc) is 0.789. The third-order valence-corrected chi connectivity index (χ3v) is 18.8. The van der Waals surface area contributed by atoms with Gasteiger partial charge in [-0.05, 0) is 182 Å². The van der Waals surface area contributed by atoms with Crippen LogP contribution in [0.4, 0.5) is 0 Å². The zero-order valence-electron chi connectivity index (χ0n) is 62.4. The minimum absolute atomic E-state index is 0.0684. The Balaban J connectivity index is 0.894. The number of likely N-dealkylation sites (tertiary alicyclic amines) is 2. The van der Waals surface area contributed by atoms with Crippen molar-refractivity contribution in [1.29, 1.82) is 0 Å². The number of aryl methyl sites for hydroxylation is 2. The minimum Gasteiger partial charge on any atom is -0.493 e. The number of rotatable bonds is 37. The Morgan fingerprint density at radius 2 is 0.760 bits per heavy atom. The maximum absolute atomic E-state index is 14.9. The monoisotopic (exact) mass is 1440 g/mol. The van der Waals surface area contributed by atoms with Crippen LogP contribution in [-0.2, 0) is 51.1 Å². The quantitative estimate of drug-likeness (QED) is 0.0271. The Morgan fingerprint density at radius 1 is 0.404 bits per heavy atom. The second kappa shape index (κ2) is 38.9. The topological polar surface area (TPSA) is 262 Å². The van der Waals surface area contributed by atoms with Crippen LogP contribution in [0.2, 0.25) is 0 Å². The minimum atomic E-state index is -0.872. The summed E-state index contributed by atoms with van der Waals surface area (Å²) in [5.74, 6) is 1.23. The highest BCUT2D eigenvalue weighted by molar-refractivity contribution is 5.91. The molecule has 0 aliphatic carbocycles. The molecule has 104 heavy (non-hydrogen) atoms. The predicted octanol–water partition coefficient (Wildman–Crippen LogP) is 11.5. The predicted molar refractivity (Wildman–Crippen MR) is 389 cm³/mol. The van der Waals surface area contributed by atoms with Crippen molar-refractivity contribution in [3.05, 3.63) is 143 Å². The van der Waals surface area contributed by atoms with E-state index in [4.69, 9.17) is 66.3 Å². The smallest absolute Gasteiger partial charge is 0.329 e. The Labute approximate surface area is 610 Å². The number of hydrogen-bond donors (Lipinski definition) is 2. The molecule has 2 fully saturated rings. The lowest BCUT2D eigenvalue weighted by atomic mass is 9.85. The highest BCUT2D eigenvalue weighted by Crippen LogP contribution is 2.45. The van der Waals surface area contributed by atoms with Crippen molar-refractivity contribution in [2.24, 2.45) is 11.8 Å². The van der Waals surface area contributed by atoms with Crippen LogP contribution in [0.3, 0.4) is 0 Å². The standard InChI is InChI=1S/C80H102N4O20/c1-49(2)73(55-43-67(95-9)75(99-13)68(44-55)96-10)77(87)83-37-17-15-25-59(83)79(89)103-61(31-27-51-29-33-63(91-5)65(39-51)93-7)53-21-19-23-57(41-53)101-47-71(85)81-35-36-82-72(86)48-102-58-24-20-22-54(42-58)62(32-28-52-30-34-64(92-6)66(40-52)94-8)104-80(90)60-26-16-18-38-84(60)78(88)74(50(3)4)56-45-69(97-11)76(100-14)70(46-56)98-12/h19-24,29-30,33-34,39-46,49-50,59-62,73-74H,15-18,25-28,31-32,35-38,47-48H2,1-14H3,(H,81,85)(H,82,86)/t59-,60-,61+,62+,73-,74-/m0/s1. The van der Waals surface area contributed by atoms with E-state index in [9.17, 15) is 28.8 Å². The van der Waals surface area contributed by atoms with Gasteiger partial charge in [0.15, 0.2) is 59.2 Å². The summed E-state index contributed by atoms with van der Waals surface area (Å²) in [6, 6.07) is 30.6. The van der Waals surface area contributed by atoms with Gasteiger partial charge in [0.1, 0.15) is 35.8 Å². The van der Waals surface area contributed by atoms with Gasteiger partial charge < -0.3 is 86.7 Å². The number of nitrogens with zero attached hydrogens (tertiary/aromatic N) is 2. The summed E-state index contributed by atoms with van der Waals surface area (Å²) in [6.45, 7) is 7.95. The third kappa shape index (κ3) is 20.3. The van der Waals surface area contributed by atoms with Gasteiger partial charge in [0.2, 0.25) is 23.3 Å². The van der Waals surface area contributed by atoms with Gasteiger partial charge in [-0.2, -0.15) is 0 Å². The van der Waals surface area contributed by atoms with E-state index >= 15 is 0 Å². The molecule has 0 saturated carbocycles. The van der Waals surface area contributed by atoms with E-state index in [0.717, 1.165) is 11.1 Å². The molecule has 562 valence electrons. The molecule has 2 N–H and O–H groups in total. The highest BCUT2D eigenvalue weighted by atomic mass is 16.6. The first kappa shape index (κ1) is 79.4. The third-order valence-electron chi connectivity index (χ3n) is 18.8. The Bertz CT molecular complexity index is 3580. The van der Waals surface area contributed by atoms with Crippen molar-refractivity contribution < 1.29 is 95.1 Å². The normalized spacial score (nSPS) is 15.4. The van der Waals surface area contributed by atoms with E-state index in [-0.39, 0.29) is 50.0 Å². The fraction of sp³-hybridized carbons (Fsp3) is 0.475. The molecule has 0 unspecified atom stereocenters. The lowest BCUT2D eigenvalue weighted by Gasteiger charge is -2.38. The lowest BCUT2D eigenvalue weighted by Crippen LogP contribution is -2.51. The van der Waals surface area contributed by atoms with Gasteiger partial charge in [-0.3, -0.25) is 19.2 Å². The van der Waals surface area contributed by atoms with Crippen molar-refractivity contribution >= 4 is 35.6 Å². The Kier molecular flexibility index (Phi) is 29.7. The highest BCUT2D eigenvalue weighted by Gasteiger charge is 2.42. The molecule has 2 aliphatic heterocycles. The summed E-state index contributed by atoms with van der Waals surface area (Å²) >= 11 is 0. The van der Waals surface area contributed by atoms with E-state index < -0.39 is 59.9 Å². The summed E-state index contributed by atoms with van der Waals surface area (Å²) in [5.41, 5.74) is 4.33. The van der Waals surface area contributed by atoms with E-state index in [1.54, 1.807) is 98.9 Å². The molecule has 0 bridgehead atoms. The van der Waals surface area contributed by atoms with Crippen LogP contribution in [0.25, 0.3) is 0 Å². The fourth-order valence-electron chi connectivity index (χ4n) is 13.5. The molecule has 4 amide bonds. The molecule has 6 aromatic carbocycles. The van der Waals surface area contributed by atoms with Gasteiger partial charge in [0, 0.05) is 26.2 Å². The second-order valence-electron chi connectivity index (χ2n) is 26.2. The first-order valence-corrected chi connectivity index (χ1v) is 35.3. The van der Waals surface area contributed by atoms with Crippen molar-refractivity contribution in [2.75, 3.05) is 110 Å². The maximum Gasteiger partial charge on any atom is 0.329 e. The number of hydrogen-bond acceptors (Lipinski definition) is 20. The molecule has 24 heteroatoms. The number of ether oxygens (including phenoxy) is 14. The van der Waals surface area contributed by atoms with E-state index in [2.05, 4.69) is 10.6 Å². The number of piperidine rings is 2. The van der Waals surface area contributed by atoms with Gasteiger partial charge >= 0.3 is 11.9 Å². The van der Waals surface area contributed by atoms with Crippen molar-refractivity contribution in [2.45, 2.75) is 128 Å². The van der Waals surface area contributed by atoms with Crippen LogP contribution in [0, 0.1) is 11.8 Å². The first-order chi connectivity index (χ1) is 50.2. The molecule has 0 spiro atoms. The first-order valence-electron chi connectivity index (χ1n) is 35.3. The van der Waals surface area contributed by atoms with Gasteiger partial charge in [-0.25, -0.2) is 9.59 Å². The summed E-state index contributed by atoms with van der Waals surface area (Å²) in [4.78, 5) is 89.0. The molecule has 2 saturated heterocycles. The van der Waals surface area contributed by atoms with Crippen molar-refractivity contribution in [1.82, 2.24) is 20.4 Å². The molecular weight excluding hydrogens is 1340 g/mol. The van der Waals surface area contributed by atoms with Crippen LogP contribution >= 0.6 is 0 Å². The molecule has 8 rings (SSSR count). The van der Waals surface area contributed by atoms with Gasteiger partial charge in [0.25, 0.3) is 11.8 Å². The van der Waals surface area contributed by atoms with Gasteiger partial charge in [-0.15, -0.1) is 0 Å². The Hall–Kier alpha value is -10.3. The molecule has 6 atom stereocenters. The molecule has 0 aromatic heterocycles. The largest absolute Gasteiger partial charge is 0.493 e. The number of amides is 4. The summed E-state index contributed by atoms with van der Waals surface area (Å²) in [5, 5.41) is 5.56. The maximum atomic E-state index is 14.9. The molecule has 0 radical (unpaired) electrons.